The highest BCUT2D eigenvalue weighted by Gasteiger charge is 2.59. The lowest BCUT2D eigenvalue weighted by Crippen LogP contribution is -2.51. The van der Waals surface area contributed by atoms with E-state index in [0.29, 0.717) is 32.8 Å². The van der Waals surface area contributed by atoms with Crippen molar-refractivity contribution in [1.82, 2.24) is 14.7 Å². The first-order valence-electron chi connectivity index (χ1n) is 10.5. The van der Waals surface area contributed by atoms with E-state index in [9.17, 15) is 14.4 Å². The van der Waals surface area contributed by atoms with Crippen molar-refractivity contribution in [2.24, 2.45) is 11.3 Å². The summed E-state index contributed by atoms with van der Waals surface area (Å²) in [5.74, 6) is 0.427. The van der Waals surface area contributed by atoms with Crippen LogP contribution in [-0.4, -0.2) is 78.5 Å². The Bertz CT molecular complexity index is 792. The summed E-state index contributed by atoms with van der Waals surface area (Å²) in [7, 11) is 0. The Morgan fingerprint density at radius 2 is 1.69 bits per heavy atom. The lowest BCUT2D eigenvalue weighted by Gasteiger charge is -2.36. The number of amides is 3. The first-order chi connectivity index (χ1) is 13.9. The van der Waals surface area contributed by atoms with Crippen LogP contribution in [0.4, 0.5) is 4.79 Å². The number of carbonyl (C=O) groups is 3. The number of carbonyl (C=O) groups excluding carboxylic acids is 3. The van der Waals surface area contributed by atoms with Crippen molar-refractivity contribution in [3.05, 3.63) is 21.9 Å². The van der Waals surface area contributed by atoms with Crippen LogP contribution in [0.1, 0.15) is 40.7 Å². The average molecular weight is 420 g/mol. The van der Waals surface area contributed by atoms with Crippen LogP contribution in [0, 0.1) is 18.3 Å². The molecular weight excluding hydrogens is 390 g/mol. The molecule has 1 aromatic heterocycles. The molecule has 1 aliphatic carbocycles. The van der Waals surface area contributed by atoms with Gasteiger partial charge in [0.25, 0.3) is 5.91 Å². The molecule has 2 saturated heterocycles. The van der Waals surface area contributed by atoms with Gasteiger partial charge in [-0.2, -0.15) is 0 Å². The lowest BCUT2D eigenvalue weighted by molar-refractivity contribution is -0.135. The molecule has 0 radical (unpaired) electrons. The maximum absolute atomic E-state index is 13.0. The molecule has 0 N–H and O–H groups in total. The predicted molar refractivity (Wildman–Crippen MR) is 110 cm³/mol. The Morgan fingerprint density at radius 1 is 1.03 bits per heavy atom. The van der Waals surface area contributed by atoms with Gasteiger partial charge in [0, 0.05) is 50.1 Å². The van der Waals surface area contributed by atoms with Crippen LogP contribution in [0.15, 0.2) is 12.1 Å². The van der Waals surface area contributed by atoms with Crippen LogP contribution in [-0.2, 0) is 9.53 Å². The van der Waals surface area contributed by atoms with Crippen molar-refractivity contribution in [3.8, 4) is 0 Å². The van der Waals surface area contributed by atoms with Gasteiger partial charge >= 0.3 is 6.09 Å². The van der Waals surface area contributed by atoms with Gasteiger partial charge < -0.3 is 19.4 Å². The molecule has 7 nitrogen and oxygen atoms in total. The highest BCUT2D eigenvalue weighted by atomic mass is 32.1. The molecule has 3 fully saturated rings. The van der Waals surface area contributed by atoms with Gasteiger partial charge in [-0.3, -0.25) is 9.59 Å². The summed E-state index contributed by atoms with van der Waals surface area (Å²) in [5.41, 5.74) is 0.0809. The largest absolute Gasteiger partial charge is 0.450 e. The molecular formula is C21H29N3O4S. The number of piperidine rings is 1. The molecule has 3 aliphatic rings. The number of hydrogen-bond acceptors (Lipinski definition) is 5. The van der Waals surface area contributed by atoms with Gasteiger partial charge in [0.15, 0.2) is 0 Å². The van der Waals surface area contributed by atoms with E-state index in [0.717, 1.165) is 42.1 Å². The quantitative estimate of drug-likeness (QED) is 0.755. The molecule has 4 rings (SSSR count). The molecule has 1 saturated carbocycles. The Labute approximate surface area is 175 Å². The SMILES string of the molecule is CCOC(=O)N1CCN(C(=O)[C@H]2CC23CCN(C(=O)c2ccc(C)s2)CC3)CC1. The second-order valence-electron chi connectivity index (χ2n) is 8.33. The third kappa shape index (κ3) is 3.99. The molecule has 1 aromatic rings. The van der Waals surface area contributed by atoms with Gasteiger partial charge in [-0.15, -0.1) is 11.3 Å². The van der Waals surface area contributed by atoms with Gasteiger partial charge in [0.05, 0.1) is 11.5 Å². The standard InChI is InChI=1S/C21H29N3O4S/c1-3-28-20(27)24-12-10-23(11-13-24)18(25)16-14-21(16)6-8-22(9-7-21)19(26)17-5-4-15(2)29-17/h4-5,16H,3,6-14H2,1-2H3/t16-/m1/s1. The van der Waals surface area contributed by atoms with Crippen molar-refractivity contribution in [1.29, 1.82) is 0 Å². The number of nitrogens with zero attached hydrogens (tertiary/aromatic N) is 3. The van der Waals surface area contributed by atoms with Crippen LogP contribution in [0.5, 0.6) is 0 Å². The number of aryl methyl sites for hydroxylation is 1. The van der Waals surface area contributed by atoms with Gasteiger partial charge in [0.2, 0.25) is 5.91 Å². The van der Waals surface area contributed by atoms with E-state index < -0.39 is 0 Å². The Balaban J connectivity index is 1.26. The van der Waals surface area contributed by atoms with E-state index in [-0.39, 0.29) is 29.2 Å². The zero-order chi connectivity index (χ0) is 20.6. The molecule has 29 heavy (non-hydrogen) atoms. The maximum atomic E-state index is 13.0. The minimum absolute atomic E-state index is 0.0809. The molecule has 158 valence electrons. The van der Waals surface area contributed by atoms with Crippen molar-refractivity contribution < 1.29 is 19.1 Å². The fourth-order valence-electron chi connectivity index (χ4n) is 4.65. The predicted octanol–water partition coefficient (Wildman–Crippen LogP) is 2.60. The first-order valence-corrected chi connectivity index (χ1v) is 11.3. The van der Waals surface area contributed by atoms with Crippen molar-refractivity contribution in [2.45, 2.75) is 33.1 Å². The summed E-state index contributed by atoms with van der Waals surface area (Å²) >= 11 is 1.55. The first kappa shape index (κ1) is 20.2. The zero-order valence-corrected chi connectivity index (χ0v) is 18.0. The molecule has 3 amide bonds. The topological polar surface area (TPSA) is 70.2 Å². The summed E-state index contributed by atoms with van der Waals surface area (Å²) in [5, 5.41) is 0. The molecule has 1 spiro atoms. The lowest BCUT2D eigenvalue weighted by atomic mass is 9.90. The van der Waals surface area contributed by atoms with E-state index in [1.54, 1.807) is 23.2 Å². The van der Waals surface area contributed by atoms with E-state index in [2.05, 4.69) is 0 Å². The number of rotatable bonds is 3. The van der Waals surface area contributed by atoms with Gasteiger partial charge in [0.1, 0.15) is 0 Å². The van der Waals surface area contributed by atoms with E-state index in [4.69, 9.17) is 4.74 Å². The van der Waals surface area contributed by atoms with E-state index in [1.807, 2.05) is 28.9 Å². The van der Waals surface area contributed by atoms with Crippen molar-refractivity contribution in [2.75, 3.05) is 45.9 Å². The van der Waals surface area contributed by atoms with Crippen molar-refractivity contribution in [3.63, 3.8) is 0 Å². The second-order valence-corrected chi connectivity index (χ2v) is 9.62. The van der Waals surface area contributed by atoms with Crippen molar-refractivity contribution >= 4 is 29.2 Å². The van der Waals surface area contributed by atoms with Crippen LogP contribution in [0.3, 0.4) is 0 Å². The minimum Gasteiger partial charge on any atom is -0.450 e. The zero-order valence-electron chi connectivity index (χ0n) is 17.2. The Hall–Kier alpha value is -2.09. The molecule has 1 atom stereocenters. The molecule has 0 bridgehead atoms. The summed E-state index contributed by atoms with van der Waals surface area (Å²) in [6.07, 6.45) is 2.45. The van der Waals surface area contributed by atoms with E-state index in [1.165, 1.54) is 0 Å². The third-order valence-electron chi connectivity index (χ3n) is 6.60. The van der Waals surface area contributed by atoms with E-state index >= 15 is 0 Å². The van der Waals surface area contributed by atoms with Crippen LogP contribution in [0.2, 0.25) is 0 Å². The third-order valence-corrected chi connectivity index (χ3v) is 7.59. The average Bonchev–Trinajstić information content (AvgIpc) is 3.25. The Morgan fingerprint density at radius 3 is 2.28 bits per heavy atom. The number of hydrogen-bond donors (Lipinski definition) is 0. The summed E-state index contributed by atoms with van der Waals surface area (Å²) in [4.78, 5) is 44.9. The number of piperazine rings is 1. The van der Waals surface area contributed by atoms with Crippen LogP contribution in [0.25, 0.3) is 0 Å². The number of thiophene rings is 1. The molecule has 8 heteroatoms. The highest BCUT2D eigenvalue weighted by molar-refractivity contribution is 7.13. The number of ether oxygens (including phenoxy) is 1. The smallest absolute Gasteiger partial charge is 0.409 e. The van der Waals surface area contributed by atoms with Crippen LogP contribution >= 0.6 is 11.3 Å². The van der Waals surface area contributed by atoms with Crippen LogP contribution < -0.4 is 0 Å². The minimum atomic E-state index is -0.291. The normalized spacial score (nSPS) is 23.2. The highest BCUT2D eigenvalue weighted by Crippen LogP contribution is 2.60. The fourth-order valence-corrected chi connectivity index (χ4v) is 5.49. The Kier molecular flexibility index (Phi) is 5.55. The molecule has 2 aliphatic heterocycles. The monoisotopic (exact) mass is 419 g/mol. The number of likely N-dealkylation sites (tertiary alicyclic amines) is 1. The summed E-state index contributed by atoms with van der Waals surface area (Å²) in [6, 6.07) is 3.90. The van der Waals surface area contributed by atoms with Gasteiger partial charge in [-0.05, 0) is 50.7 Å². The molecule has 0 unspecified atom stereocenters. The molecule has 0 aromatic carbocycles. The van der Waals surface area contributed by atoms with Gasteiger partial charge in [-0.25, -0.2) is 4.79 Å². The maximum Gasteiger partial charge on any atom is 0.409 e. The summed E-state index contributed by atoms with van der Waals surface area (Å²) < 4.78 is 5.04. The molecule has 3 heterocycles. The summed E-state index contributed by atoms with van der Waals surface area (Å²) in [6.45, 7) is 7.86. The second kappa shape index (κ2) is 7.97. The van der Waals surface area contributed by atoms with Gasteiger partial charge in [-0.1, -0.05) is 0 Å². The fraction of sp³-hybridized carbons (Fsp3) is 0.667.